The maximum Gasteiger partial charge on any atom is 0.0992 e. The Morgan fingerprint density at radius 1 is 1.39 bits per heavy atom. The molecule has 0 aliphatic rings. The molecular formula is C14H13BrN2S. The van der Waals surface area contributed by atoms with Gasteiger partial charge in [-0.05, 0) is 57.6 Å². The molecule has 18 heavy (non-hydrogen) atoms. The molecule has 2 rings (SSSR count). The molecular weight excluding hydrogens is 308 g/mol. The minimum Gasteiger partial charge on any atom is -0.379 e. The zero-order valence-corrected chi connectivity index (χ0v) is 12.4. The smallest absolute Gasteiger partial charge is 0.0992 e. The maximum absolute atomic E-state index is 8.81. The van der Waals surface area contributed by atoms with Gasteiger partial charge < -0.3 is 5.32 Å². The first-order valence-corrected chi connectivity index (χ1v) is 7.40. The molecule has 92 valence electrons. The highest BCUT2D eigenvalue weighted by Crippen LogP contribution is 2.25. The van der Waals surface area contributed by atoms with Crippen LogP contribution in [0.1, 0.15) is 22.9 Å². The van der Waals surface area contributed by atoms with Crippen LogP contribution in [0.15, 0.2) is 34.1 Å². The number of halogens is 1. The molecule has 0 amide bonds. The fourth-order valence-corrected chi connectivity index (χ4v) is 3.18. The molecule has 1 heterocycles. The van der Waals surface area contributed by atoms with E-state index in [1.165, 1.54) is 10.4 Å². The molecule has 2 aromatic rings. The van der Waals surface area contributed by atoms with Gasteiger partial charge >= 0.3 is 0 Å². The van der Waals surface area contributed by atoms with Crippen LogP contribution in [-0.4, -0.2) is 0 Å². The molecule has 0 fully saturated rings. The van der Waals surface area contributed by atoms with E-state index >= 15 is 0 Å². The molecule has 0 bridgehead atoms. The lowest BCUT2D eigenvalue weighted by atomic mass is 10.2. The number of hydrogen-bond acceptors (Lipinski definition) is 3. The van der Waals surface area contributed by atoms with Gasteiger partial charge in [-0.3, -0.25) is 0 Å². The Morgan fingerprint density at radius 2 is 2.22 bits per heavy atom. The number of thiophene rings is 1. The molecule has 0 saturated carbocycles. The van der Waals surface area contributed by atoms with E-state index in [-0.39, 0.29) is 0 Å². The normalized spacial score (nSPS) is 10.1. The Kier molecular flexibility index (Phi) is 4.40. The molecule has 0 unspecified atom stereocenters. The van der Waals surface area contributed by atoms with Crippen LogP contribution in [0.4, 0.5) is 5.69 Å². The summed E-state index contributed by atoms with van der Waals surface area (Å²) in [6, 6.07) is 9.89. The highest BCUT2D eigenvalue weighted by molar-refractivity contribution is 9.10. The third kappa shape index (κ3) is 2.92. The first-order valence-electron chi connectivity index (χ1n) is 5.73. The van der Waals surface area contributed by atoms with Crippen molar-refractivity contribution in [3.05, 3.63) is 50.1 Å². The third-order valence-corrected chi connectivity index (χ3v) is 4.38. The highest BCUT2D eigenvalue weighted by atomic mass is 79.9. The van der Waals surface area contributed by atoms with Crippen molar-refractivity contribution in [2.24, 2.45) is 0 Å². The zero-order chi connectivity index (χ0) is 13.0. The molecule has 1 aromatic carbocycles. The predicted molar refractivity (Wildman–Crippen MR) is 79.9 cm³/mol. The molecule has 0 aliphatic heterocycles. The van der Waals surface area contributed by atoms with Crippen LogP contribution >= 0.6 is 27.3 Å². The van der Waals surface area contributed by atoms with Gasteiger partial charge in [0.2, 0.25) is 0 Å². The number of rotatable bonds is 4. The maximum atomic E-state index is 8.81. The van der Waals surface area contributed by atoms with Crippen LogP contribution < -0.4 is 5.32 Å². The Hall–Kier alpha value is -1.31. The van der Waals surface area contributed by atoms with Crippen molar-refractivity contribution >= 4 is 33.0 Å². The molecule has 0 radical (unpaired) electrons. The number of anilines is 1. The first-order chi connectivity index (χ1) is 8.74. The molecule has 0 spiro atoms. The van der Waals surface area contributed by atoms with Crippen LogP contribution in [0.25, 0.3) is 0 Å². The summed E-state index contributed by atoms with van der Waals surface area (Å²) >= 11 is 5.25. The second-order valence-electron chi connectivity index (χ2n) is 3.88. The lowest BCUT2D eigenvalue weighted by Gasteiger charge is -2.08. The summed E-state index contributed by atoms with van der Waals surface area (Å²) in [5, 5.41) is 14.3. The van der Waals surface area contributed by atoms with Crippen molar-refractivity contribution in [2.75, 3.05) is 5.32 Å². The minimum atomic E-state index is 0.665. The van der Waals surface area contributed by atoms with Crippen LogP contribution in [0.2, 0.25) is 0 Å². The Morgan fingerprint density at radius 3 is 2.89 bits per heavy atom. The fraction of sp³-hybridized carbons (Fsp3) is 0.214. The SMILES string of the molecule is CCc1ccsc1CNc1ccc(C#N)cc1Br. The molecule has 1 aromatic heterocycles. The van der Waals surface area contributed by atoms with Crippen molar-refractivity contribution in [2.45, 2.75) is 19.9 Å². The van der Waals surface area contributed by atoms with Crippen molar-refractivity contribution in [3.63, 3.8) is 0 Å². The van der Waals surface area contributed by atoms with Crippen LogP contribution in [0, 0.1) is 11.3 Å². The van der Waals surface area contributed by atoms with Crippen LogP contribution in [-0.2, 0) is 13.0 Å². The van der Waals surface area contributed by atoms with E-state index in [0.717, 1.165) is 23.1 Å². The average molecular weight is 321 g/mol. The zero-order valence-electron chi connectivity index (χ0n) is 10.0. The number of aryl methyl sites for hydroxylation is 1. The number of hydrogen-bond donors (Lipinski definition) is 1. The van der Waals surface area contributed by atoms with E-state index in [9.17, 15) is 0 Å². The summed E-state index contributed by atoms with van der Waals surface area (Å²) in [7, 11) is 0. The average Bonchev–Trinajstić information content (AvgIpc) is 2.84. The van der Waals surface area contributed by atoms with Gasteiger partial charge in [0.15, 0.2) is 0 Å². The van der Waals surface area contributed by atoms with Crippen molar-refractivity contribution in [1.82, 2.24) is 0 Å². The lowest BCUT2D eigenvalue weighted by molar-refractivity contribution is 1.08. The quantitative estimate of drug-likeness (QED) is 0.896. The van der Waals surface area contributed by atoms with E-state index in [1.54, 1.807) is 11.3 Å². The summed E-state index contributed by atoms with van der Waals surface area (Å²) in [4.78, 5) is 1.37. The van der Waals surface area contributed by atoms with Crippen LogP contribution in [0.5, 0.6) is 0 Å². The monoisotopic (exact) mass is 320 g/mol. The topological polar surface area (TPSA) is 35.8 Å². The van der Waals surface area contributed by atoms with Gasteiger partial charge in [-0.2, -0.15) is 5.26 Å². The van der Waals surface area contributed by atoms with Gasteiger partial charge in [0, 0.05) is 21.6 Å². The van der Waals surface area contributed by atoms with Gasteiger partial charge in [0.05, 0.1) is 11.6 Å². The molecule has 4 heteroatoms. The van der Waals surface area contributed by atoms with Gasteiger partial charge in [0.1, 0.15) is 0 Å². The Labute approximate surface area is 119 Å². The second-order valence-corrected chi connectivity index (χ2v) is 5.74. The van der Waals surface area contributed by atoms with E-state index in [1.807, 2.05) is 18.2 Å². The number of nitriles is 1. The van der Waals surface area contributed by atoms with Crippen LogP contribution in [0.3, 0.4) is 0 Å². The van der Waals surface area contributed by atoms with Gasteiger partial charge in [0.25, 0.3) is 0 Å². The number of benzene rings is 1. The Bertz CT molecular complexity index is 584. The molecule has 0 saturated heterocycles. The minimum absolute atomic E-state index is 0.665. The predicted octanol–water partition coefficient (Wildman–Crippen LogP) is 4.56. The first kappa shape index (κ1) is 13.1. The van der Waals surface area contributed by atoms with E-state index in [0.29, 0.717) is 5.56 Å². The van der Waals surface area contributed by atoms with Crippen molar-refractivity contribution in [1.29, 1.82) is 5.26 Å². The number of nitrogens with zero attached hydrogens (tertiary/aromatic N) is 1. The fourth-order valence-electron chi connectivity index (χ4n) is 1.74. The molecule has 2 nitrogen and oxygen atoms in total. The third-order valence-electron chi connectivity index (χ3n) is 2.76. The summed E-state index contributed by atoms with van der Waals surface area (Å²) in [6.07, 6.45) is 1.06. The lowest BCUT2D eigenvalue weighted by Crippen LogP contribution is -2.00. The highest BCUT2D eigenvalue weighted by Gasteiger charge is 2.04. The largest absolute Gasteiger partial charge is 0.379 e. The summed E-state index contributed by atoms with van der Waals surface area (Å²) < 4.78 is 0.927. The van der Waals surface area contributed by atoms with Crippen molar-refractivity contribution < 1.29 is 0 Å². The summed E-state index contributed by atoms with van der Waals surface area (Å²) in [5.74, 6) is 0. The van der Waals surface area contributed by atoms with Gasteiger partial charge in [-0.25, -0.2) is 0 Å². The standard InChI is InChI=1S/C14H13BrN2S/c1-2-11-5-6-18-14(11)9-17-13-4-3-10(8-16)7-12(13)15/h3-7,17H,2,9H2,1H3. The van der Waals surface area contributed by atoms with E-state index in [2.05, 4.69) is 45.7 Å². The molecule has 0 atom stereocenters. The van der Waals surface area contributed by atoms with E-state index < -0.39 is 0 Å². The van der Waals surface area contributed by atoms with E-state index in [4.69, 9.17) is 5.26 Å². The van der Waals surface area contributed by atoms with Gasteiger partial charge in [-0.15, -0.1) is 11.3 Å². The number of nitrogens with one attached hydrogen (secondary N) is 1. The summed E-state index contributed by atoms with van der Waals surface area (Å²) in [6.45, 7) is 2.99. The van der Waals surface area contributed by atoms with Gasteiger partial charge in [-0.1, -0.05) is 6.92 Å². The second kappa shape index (κ2) is 6.03. The van der Waals surface area contributed by atoms with Crippen molar-refractivity contribution in [3.8, 4) is 6.07 Å². The summed E-state index contributed by atoms with van der Waals surface area (Å²) in [5.41, 5.74) is 3.08. The molecule has 1 N–H and O–H groups in total. The Balaban J connectivity index is 2.09. The molecule has 0 aliphatic carbocycles.